The Bertz CT molecular complexity index is 342. The quantitative estimate of drug-likeness (QED) is 0.785. The fourth-order valence-electron chi connectivity index (χ4n) is 1.52. The fourth-order valence-corrected chi connectivity index (χ4v) is 1.77. The van der Waals surface area contributed by atoms with Gasteiger partial charge in [0.15, 0.2) is 0 Å². The van der Waals surface area contributed by atoms with Crippen molar-refractivity contribution in [2.75, 3.05) is 0 Å². The van der Waals surface area contributed by atoms with E-state index in [1.165, 1.54) is 0 Å². The van der Waals surface area contributed by atoms with Gasteiger partial charge in [-0.25, -0.2) is 0 Å². The summed E-state index contributed by atoms with van der Waals surface area (Å²) >= 11 is 6.04. The molecule has 2 rings (SSSR count). The van der Waals surface area contributed by atoms with Crippen LogP contribution in [0.4, 0.5) is 0 Å². The number of aromatic nitrogens is 2. The Labute approximate surface area is 82.3 Å². The average Bonchev–Trinajstić information content (AvgIpc) is 2.73. The molecule has 1 fully saturated rings. The molecule has 0 aromatic carbocycles. The molecule has 3 nitrogen and oxygen atoms in total. The normalized spacial score (nSPS) is 19.1. The molecule has 13 heavy (non-hydrogen) atoms. The molecule has 0 unspecified atom stereocenters. The maximum Gasteiger partial charge on any atom is 0.130 e. The van der Waals surface area contributed by atoms with Crippen LogP contribution in [0.25, 0.3) is 0 Å². The Hall–Kier alpha value is -0.540. The molecule has 0 saturated heterocycles. The summed E-state index contributed by atoms with van der Waals surface area (Å²) in [4.78, 5) is 0. The molecule has 0 atom stereocenters. The molecule has 0 amide bonds. The van der Waals surface area contributed by atoms with Crippen LogP contribution in [0.1, 0.15) is 24.1 Å². The van der Waals surface area contributed by atoms with E-state index >= 15 is 0 Å². The van der Waals surface area contributed by atoms with Crippen LogP contribution in [-0.2, 0) is 13.5 Å². The molecule has 0 radical (unpaired) electrons. The molecule has 4 heteroatoms. The van der Waals surface area contributed by atoms with Crippen molar-refractivity contribution in [3.8, 4) is 0 Å². The van der Waals surface area contributed by atoms with Crippen LogP contribution >= 0.6 is 11.6 Å². The summed E-state index contributed by atoms with van der Waals surface area (Å²) < 4.78 is 1.65. The first-order chi connectivity index (χ1) is 6.02. The van der Waals surface area contributed by atoms with Crippen LogP contribution in [0.15, 0.2) is 0 Å². The van der Waals surface area contributed by atoms with Crippen molar-refractivity contribution in [1.29, 1.82) is 0 Å². The van der Waals surface area contributed by atoms with Gasteiger partial charge in [0.1, 0.15) is 5.15 Å². The zero-order valence-electron chi connectivity index (χ0n) is 7.84. The van der Waals surface area contributed by atoms with E-state index in [9.17, 15) is 5.11 Å². The van der Waals surface area contributed by atoms with Gasteiger partial charge in [-0.2, -0.15) is 5.10 Å². The van der Waals surface area contributed by atoms with Crippen LogP contribution in [-0.4, -0.2) is 20.5 Å². The summed E-state index contributed by atoms with van der Waals surface area (Å²) in [5.74, 6) is 0. The van der Waals surface area contributed by atoms with Gasteiger partial charge in [-0.1, -0.05) is 11.6 Å². The fraction of sp³-hybridized carbons (Fsp3) is 0.667. The minimum Gasteiger partial charge on any atom is -0.390 e. The summed E-state index contributed by atoms with van der Waals surface area (Å²) in [7, 11) is 1.82. The van der Waals surface area contributed by atoms with Crippen LogP contribution in [0.5, 0.6) is 0 Å². The molecule has 72 valence electrons. The lowest BCUT2D eigenvalue weighted by Crippen LogP contribution is -2.11. The van der Waals surface area contributed by atoms with E-state index in [2.05, 4.69) is 5.10 Å². The van der Waals surface area contributed by atoms with Crippen molar-refractivity contribution >= 4 is 11.6 Å². The second-order valence-corrected chi connectivity index (χ2v) is 4.24. The van der Waals surface area contributed by atoms with E-state index < -0.39 is 5.60 Å². The number of hydrogen-bond acceptors (Lipinski definition) is 2. The number of hydrogen-bond donors (Lipinski definition) is 1. The number of aliphatic hydroxyl groups is 1. The summed E-state index contributed by atoms with van der Waals surface area (Å²) in [5.41, 5.74) is 1.43. The van der Waals surface area contributed by atoms with Crippen molar-refractivity contribution in [3.05, 3.63) is 16.4 Å². The number of aryl methyl sites for hydroxylation is 2. The Morgan fingerprint density at radius 3 is 2.62 bits per heavy atom. The van der Waals surface area contributed by atoms with Crippen molar-refractivity contribution < 1.29 is 5.11 Å². The molecule has 1 aliphatic rings. The second kappa shape index (κ2) is 2.72. The van der Waals surface area contributed by atoms with Gasteiger partial charge in [-0.15, -0.1) is 0 Å². The largest absolute Gasteiger partial charge is 0.390 e. The van der Waals surface area contributed by atoms with Crippen molar-refractivity contribution in [2.45, 2.75) is 31.8 Å². The molecule has 0 aliphatic heterocycles. The molecule has 1 heterocycles. The van der Waals surface area contributed by atoms with E-state index in [1.807, 2.05) is 14.0 Å². The number of nitrogens with zero attached hydrogens (tertiary/aromatic N) is 2. The standard InChI is InChI=1S/C9H13ClN2O/c1-6-7(5-9(13)3-4-9)8(10)12(2)11-6/h13H,3-5H2,1-2H3. The monoisotopic (exact) mass is 200 g/mol. The Morgan fingerprint density at radius 1 is 1.62 bits per heavy atom. The maximum atomic E-state index is 9.74. The smallest absolute Gasteiger partial charge is 0.130 e. The minimum absolute atomic E-state index is 0.489. The zero-order chi connectivity index (χ0) is 9.64. The minimum atomic E-state index is -0.489. The van der Waals surface area contributed by atoms with Gasteiger partial charge in [0.05, 0.1) is 11.3 Å². The molecule has 1 aromatic rings. The van der Waals surface area contributed by atoms with Crippen LogP contribution in [0.2, 0.25) is 5.15 Å². The molecule has 1 saturated carbocycles. The number of halogens is 1. The van der Waals surface area contributed by atoms with Gasteiger partial charge in [0.2, 0.25) is 0 Å². The van der Waals surface area contributed by atoms with Crippen LogP contribution in [0, 0.1) is 6.92 Å². The molecule has 0 spiro atoms. The SMILES string of the molecule is Cc1nn(C)c(Cl)c1CC1(O)CC1. The van der Waals surface area contributed by atoms with E-state index in [1.54, 1.807) is 4.68 Å². The topological polar surface area (TPSA) is 38.0 Å². The van der Waals surface area contributed by atoms with Gasteiger partial charge in [-0.3, -0.25) is 4.68 Å². The lowest BCUT2D eigenvalue weighted by molar-refractivity contribution is 0.151. The highest BCUT2D eigenvalue weighted by Gasteiger charge is 2.41. The van der Waals surface area contributed by atoms with Crippen molar-refractivity contribution in [2.24, 2.45) is 7.05 Å². The first-order valence-corrected chi connectivity index (χ1v) is 4.80. The summed E-state index contributed by atoms with van der Waals surface area (Å²) in [6.07, 6.45) is 2.42. The molecule has 0 bridgehead atoms. The zero-order valence-corrected chi connectivity index (χ0v) is 8.60. The first kappa shape index (κ1) is 9.03. The third kappa shape index (κ3) is 1.58. The summed E-state index contributed by atoms with van der Waals surface area (Å²) in [6.45, 7) is 1.92. The number of rotatable bonds is 2. The third-order valence-electron chi connectivity index (χ3n) is 2.60. The van der Waals surface area contributed by atoms with E-state index in [0.717, 1.165) is 24.1 Å². The molecular formula is C9H13ClN2O. The molecule has 1 aromatic heterocycles. The van der Waals surface area contributed by atoms with Crippen molar-refractivity contribution in [1.82, 2.24) is 9.78 Å². The first-order valence-electron chi connectivity index (χ1n) is 4.42. The average molecular weight is 201 g/mol. The van der Waals surface area contributed by atoms with Gasteiger partial charge in [0.25, 0.3) is 0 Å². The summed E-state index contributed by atoms with van der Waals surface area (Å²) in [5, 5.41) is 14.6. The highest BCUT2D eigenvalue weighted by molar-refractivity contribution is 6.30. The highest BCUT2D eigenvalue weighted by atomic mass is 35.5. The van der Waals surface area contributed by atoms with Gasteiger partial charge in [-0.05, 0) is 19.8 Å². The van der Waals surface area contributed by atoms with Gasteiger partial charge in [0, 0.05) is 19.0 Å². The third-order valence-corrected chi connectivity index (χ3v) is 3.08. The molecular weight excluding hydrogens is 188 g/mol. The van der Waals surface area contributed by atoms with Gasteiger partial charge >= 0.3 is 0 Å². The molecule has 1 N–H and O–H groups in total. The van der Waals surface area contributed by atoms with E-state index in [-0.39, 0.29) is 0 Å². The summed E-state index contributed by atoms with van der Waals surface area (Å²) in [6, 6.07) is 0. The van der Waals surface area contributed by atoms with Gasteiger partial charge < -0.3 is 5.11 Å². The Morgan fingerprint density at radius 2 is 2.23 bits per heavy atom. The Kier molecular flexibility index (Phi) is 1.89. The van der Waals surface area contributed by atoms with E-state index in [0.29, 0.717) is 11.6 Å². The molecule has 1 aliphatic carbocycles. The predicted octanol–water partition coefficient (Wildman–Crippen LogP) is 1.45. The Balaban J connectivity index is 2.28. The van der Waals surface area contributed by atoms with Crippen molar-refractivity contribution in [3.63, 3.8) is 0 Å². The lowest BCUT2D eigenvalue weighted by atomic mass is 10.1. The maximum absolute atomic E-state index is 9.74. The van der Waals surface area contributed by atoms with Crippen LogP contribution < -0.4 is 0 Å². The van der Waals surface area contributed by atoms with E-state index in [4.69, 9.17) is 11.6 Å². The second-order valence-electron chi connectivity index (χ2n) is 3.88. The highest BCUT2D eigenvalue weighted by Crippen LogP contribution is 2.40. The predicted molar refractivity (Wildman–Crippen MR) is 50.8 cm³/mol. The lowest BCUT2D eigenvalue weighted by Gasteiger charge is -2.06. The van der Waals surface area contributed by atoms with Crippen LogP contribution in [0.3, 0.4) is 0 Å².